The van der Waals surface area contributed by atoms with Crippen molar-refractivity contribution in [3.05, 3.63) is 34.4 Å². The number of amides is 1. The molecule has 2 N–H and O–H groups in total. The van der Waals surface area contributed by atoms with Crippen LogP contribution in [0.15, 0.2) is 23.1 Å². The molecule has 5 heteroatoms. The first-order valence-corrected chi connectivity index (χ1v) is 5.10. The van der Waals surface area contributed by atoms with Crippen molar-refractivity contribution in [1.29, 1.82) is 0 Å². The Kier molecular flexibility index (Phi) is 2.52. The lowest BCUT2D eigenvalue weighted by Gasteiger charge is -1.97. The first-order valence-electron chi connectivity index (χ1n) is 5.10. The Bertz CT molecular complexity index is 595. The number of pyridine rings is 1. The standard InChI is InChI=1S/C11H13N3O2/c1-3-12-10(15)8-6-7-4-5-14(2)11(16)9(7)13-8/h4-6,13H,3H2,1-2H3,(H,12,15). The summed E-state index contributed by atoms with van der Waals surface area (Å²) in [4.78, 5) is 26.1. The third kappa shape index (κ3) is 1.60. The molecule has 5 nitrogen and oxygen atoms in total. The Hall–Kier alpha value is -2.04. The molecule has 0 saturated carbocycles. The van der Waals surface area contributed by atoms with E-state index >= 15 is 0 Å². The largest absolute Gasteiger partial charge is 0.351 e. The zero-order valence-electron chi connectivity index (χ0n) is 9.20. The van der Waals surface area contributed by atoms with Crippen molar-refractivity contribution in [2.45, 2.75) is 6.92 Å². The lowest BCUT2D eigenvalue weighted by atomic mass is 10.3. The summed E-state index contributed by atoms with van der Waals surface area (Å²) in [7, 11) is 1.68. The van der Waals surface area contributed by atoms with Crippen LogP contribution in [0.3, 0.4) is 0 Å². The van der Waals surface area contributed by atoms with Gasteiger partial charge in [0.05, 0.1) is 0 Å². The van der Waals surface area contributed by atoms with E-state index in [-0.39, 0.29) is 11.5 Å². The van der Waals surface area contributed by atoms with E-state index in [2.05, 4.69) is 10.3 Å². The second-order valence-electron chi connectivity index (χ2n) is 3.60. The molecule has 0 saturated heterocycles. The molecule has 0 atom stereocenters. The average Bonchev–Trinajstić information content (AvgIpc) is 2.69. The molecule has 1 amide bonds. The van der Waals surface area contributed by atoms with Gasteiger partial charge in [0.15, 0.2) is 0 Å². The SMILES string of the molecule is CCNC(=O)c1cc2ccn(C)c(=O)c2[nH]1. The molecule has 0 bridgehead atoms. The third-order valence-corrected chi connectivity index (χ3v) is 2.44. The minimum Gasteiger partial charge on any atom is -0.351 e. The number of hydrogen-bond donors (Lipinski definition) is 2. The Morgan fingerprint density at radius 1 is 1.56 bits per heavy atom. The van der Waals surface area contributed by atoms with E-state index in [0.29, 0.717) is 17.8 Å². The predicted octanol–water partition coefficient (Wildman–Crippen LogP) is 0.616. The van der Waals surface area contributed by atoms with E-state index in [0.717, 1.165) is 5.39 Å². The van der Waals surface area contributed by atoms with E-state index in [1.807, 2.05) is 6.92 Å². The highest BCUT2D eigenvalue weighted by molar-refractivity contribution is 5.97. The van der Waals surface area contributed by atoms with Crippen LogP contribution in [0.25, 0.3) is 10.9 Å². The molecule has 0 aliphatic heterocycles. The summed E-state index contributed by atoms with van der Waals surface area (Å²) in [5.41, 5.74) is 0.749. The van der Waals surface area contributed by atoms with Crippen LogP contribution in [0.4, 0.5) is 0 Å². The number of carbonyl (C=O) groups excluding carboxylic acids is 1. The predicted molar refractivity (Wildman–Crippen MR) is 61.5 cm³/mol. The first kappa shape index (κ1) is 10.5. The van der Waals surface area contributed by atoms with E-state index < -0.39 is 0 Å². The lowest BCUT2D eigenvalue weighted by molar-refractivity contribution is 0.0951. The number of aryl methyl sites for hydroxylation is 1. The normalized spacial score (nSPS) is 10.6. The van der Waals surface area contributed by atoms with Crippen LogP contribution in [0.1, 0.15) is 17.4 Å². The van der Waals surface area contributed by atoms with Crippen molar-refractivity contribution in [3.8, 4) is 0 Å². The van der Waals surface area contributed by atoms with Crippen LogP contribution in [0.5, 0.6) is 0 Å². The number of aromatic amines is 1. The monoisotopic (exact) mass is 219 g/mol. The summed E-state index contributed by atoms with van der Waals surface area (Å²) in [6, 6.07) is 3.48. The van der Waals surface area contributed by atoms with Gasteiger partial charge in [0.25, 0.3) is 11.5 Å². The minimum atomic E-state index is -0.194. The zero-order chi connectivity index (χ0) is 11.7. The Balaban J connectivity index is 2.56. The van der Waals surface area contributed by atoms with Crippen molar-refractivity contribution in [1.82, 2.24) is 14.9 Å². The van der Waals surface area contributed by atoms with Gasteiger partial charge in [0.2, 0.25) is 0 Å². The summed E-state index contributed by atoms with van der Waals surface area (Å²) in [5, 5.41) is 3.43. The molecular formula is C11H13N3O2. The fraction of sp³-hybridized carbons (Fsp3) is 0.273. The summed E-state index contributed by atoms with van der Waals surface area (Å²) < 4.78 is 1.47. The number of fused-ring (bicyclic) bond motifs is 1. The van der Waals surface area contributed by atoms with Crippen molar-refractivity contribution in [2.75, 3.05) is 6.54 Å². The molecule has 16 heavy (non-hydrogen) atoms. The first-order chi connectivity index (χ1) is 7.63. The number of hydrogen-bond acceptors (Lipinski definition) is 2. The van der Waals surface area contributed by atoms with Gasteiger partial charge in [0.1, 0.15) is 11.2 Å². The number of nitrogens with zero attached hydrogens (tertiary/aromatic N) is 1. The van der Waals surface area contributed by atoms with Gasteiger partial charge in [-0.15, -0.1) is 0 Å². The van der Waals surface area contributed by atoms with E-state index in [1.54, 1.807) is 25.4 Å². The zero-order valence-corrected chi connectivity index (χ0v) is 9.20. The smallest absolute Gasteiger partial charge is 0.274 e. The fourth-order valence-electron chi connectivity index (χ4n) is 1.59. The van der Waals surface area contributed by atoms with Gasteiger partial charge in [-0.2, -0.15) is 0 Å². The number of carbonyl (C=O) groups is 1. The van der Waals surface area contributed by atoms with Crippen molar-refractivity contribution in [2.24, 2.45) is 7.05 Å². The molecule has 84 valence electrons. The Morgan fingerprint density at radius 2 is 2.31 bits per heavy atom. The fourth-order valence-corrected chi connectivity index (χ4v) is 1.59. The molecule has 0 aliphatic carbocycles. The Morgan fingerprint density at radius 3 is 3.00 bits per heavy atom. The molecule has 0 spiro atoms. The topological polar surface area (TPSA) is 66.9 Å². The average molecular weight is 219 g/mol. The summed E-state index contributed by atoms with van der Waals surface area (Å²) in [5.74, 6) is -0.194. The molecule has 0 aromatic carbocycles. The van der Waals surface area contributed by atoms with Crippen LogP contribution >= 0.6 is 0 Å². The number of nitrogens with one attached hydrogen (secondary N) is 2. The summed E-state index contributed by atoms with van der Waals surface area (Å²) >= 11 is 0. The lowest BCUT2D eigenvalue weighted by Crippen LogP contribution is -2.23. The van der Waals surface area contributed by atoms with Gasteiger partial charge < -0.3 is 14.9 Å². The van der Waals surface area contributed by atoms with E-state index in [4.69, 9.17) is 0 Å². The quantitative estimate of drug-likeness (QED) is 0.777. The van der Waals surface area contributed by atoms with Crippen LogP contribution in [0, 0.1) is 0 Å². The molecule has 0 unspecified atom stereocenters. The highest BCUT2D eigenvalue weighted by Gasteiger charge is 2.10. The minimum absolute atomic E-state index is 0.131. The maximum absolute atomic E-state index is 11.7. The number of aromatic nitrogens is 2. The molecule has 0 aliphatic rings. The van der Waals surface area contributed by atoms with Gasteiger partial charge in [0, 0.05) is 25.2 Å². The van der Waals surface area contributed by atoms with Crippen LogP contribution in [0.2, 0.25) is 0 Å². The second kappa shape index (κ2) is 3.84. The number of rotatable bonds is 2. The molecule has 2 heterocycles. The third-order valence-electron chi connectivity index (χ3n) is 2.44. The van der Waals surface area contributed by atoms with E-state index in [9.17, 15) is 9.59 Å². The van der Waals surface area contributed by atoms with Crippen molar-refractivity contribution < 1.29 is 4.79 Å². The summed E-state index contributed by atoms with van der Waals surface area (Å²) in [6.45, 7) is 2.41. The van der Waals surface area contributed by atoms with Crippen molar-refractivity contribution in [3.63, 3.8) is 0 Å². The van der Waals surface area contributed by atoms with Crippen LogP contribution in [-0.2, 0) is 7.05 Å². The highest BCUT2D eigenvalue weighted by atomic mass is 16.2. The van der Waals surface area contributed by atoms with Gasteiger partial charge in [-0.05, 0) is 19.1 Å². The summed E-state index contributed by atoms with van der Waals surface area (Å²) in [6.07, 6.45) is 1.68. The molecule has 0 radical (unpaired) electrons. The van der Waals surface area contributed by atoms with Crippen LogP contribution < -0.4 is 10.9 Å². The van der Waals surface area contributed by atoms with Gasteiger partial charge in [-0.3, -0.25) is 9.59 Å². The molecule has 2 rings (SSSR count). The number of H-pyrrole nitrogens is 1. The van der Waals surface area contributed by atoms with Crippen molar-refractivity contribution >= 4 is 16.8 Å². The van der Waals surface area contributed by atoms with Gasteiger partial charge in [-0.1, -0.05) is 0 Å². The second-order valence-corrected chi connectivity index (χ2v) is 3.60. The van der Waals surface area contributed by atoms with Crippen LogP contribution in [-0.4, -0.2) is 22.0 Å². The van der Waals surface area contributed by atoms with Gasteiger partial charge in [-0.25, -0.2) is 0 Å². The maximum atomic E-state index is 11.7. The Labute approximate surface area is 92.1 Å². The van der Waals surface area contributed by atoms with Gasteiger partial charge >= 0.3 is 0 Å². The van der Waals surface area contributed by atoms with E-state index in [1.165, 1.54) is 4.57 Å². The molecular weight excluding hydrogens is 206 g/mol. The molecule has 2 aromatic heterocycles. The highest BCUT2D eigenvalue weighted by Crippen LogP contribution is 2.10. The molecule has 0 fully saturated rings. The maximum Gasteiger partial charge on any atom is 0.274 e. The molecule has 2 aromatic rings.